The highest BCUT2D eigenvalue weighted by molar-refractivity contribution is 5.42. The van der Waals surface area contributed by atoms with Gasteiger partial charge in [-0.1, -0.05) is 0 Å². The summed E-state index contributed by atoms with van der Waals surface area (Å²) < 4.78 is 7.50. The van der Waals surface area contributed by atoms with Gasteiger partial charge >= 0.3 is 0 Å². The minimum atomic E-state index is 0.232. The molecule has 5 heteroatoms. The molecule has 1 N–H and O–H groups in total. The lowest BCUT2D eigenvalue weighted by Crippen LogP contribution is -2.39. The van der Waals surface area contributed by atoms with Crippen LogP contribution in [0.1, 0.15) is 24.1 Å². The largest absolute Gasteiger partial charge is 0.474 e. The summed E-state index contributed by atoms with van der Waals surface area (Å²) in [6, 6.07) is 2.15. The van der Waals surface area contributed by atoms with Gasteiger partial charge in [0.05, 0.1) is 5.69 Å². The molecule has 0 amide bonds. The molecule has 5 nitrogen and oxygen atoms in total. The van der Waals surface area contributed by atoms with E-state index in [0.29, 0.717) is 17.4 Å². The van der Waals surface area contributed by atoms with Crippen LogP contribution in [0.2, 0.25) is 0 Å². The number of nitrogens with one attached hydrogen (secondary N) is 1. The molecule has 1 aliphatic rings. The van der Waals surface area contributed by atoms with Crippen molar-refractivity contribution >= 4 is 0 Å². The molecule has 0 spiro atoms. The first-order valence-electron chi connectivity index (χ1n) is 5.90. The maximum absolute atomic E-state index is 9.06. The van der Waals surface area contributed by atoms with Crippen LogP contribution in [0.3, 0.4) is 0 Å². The number of hydrogen-bond acceptors (Lipinski definition) is 4. The van der Waals surface area contributed by atoms with Gasteiger partial charge in [0.15, 0.2) is 0 Å². The monoisotopic (exact) mass is 234 g/mol. The van der Waals surface area contributed by atoms with Gasteiger partial charge in [-0.05, 0) is 39.3 Å². The molecule has 1 aromatic rings. The van der Waals surface area contributed by atoms with Crippen LogP contribution in [0, 0.1) is 24.2 Å². The molecular formula is C12H18N4O. The summed E-state index contributed by atoms with van der Waals surface area (Å²) in [6.45, 7) is 2.87. The van der Waals surface area contributed by atoms with Gasteiger partial charge in [-0.3, -0.25) is 0 Å². The smallest absolute Gasteiger partial charge is 0.230 e. The molecule has 0 saturated heterocycles. The van der Waals surface area contributed by atoms with Gasteiger partial charge in [0.2, 0.25) is 5.88 Å². The second-order valence-electron chi connectivity index (χ2n) is 4.64. The SMILES string of the molecule is CNCC1CC(Oc2c(C#N)c(C)nn2C)C1. The Morgan fingerprint density at radius 2 is 2.29 bits per heavy atom. The minimum absolute atomic E-state index is 0.232. The quantitative estimate of drug-likeness (QED) is 0.843. The predicted octanol–water partition coefficient (Wildman–Crippen LogP) is 0.977. The average molecular weight is 234 g/mol. The van der Waals surface area contributed by atoms with E-state index in [0.717, 1.165) is 25.1 Å². The van der Waals surface area contributed by atoms with E-state index in [-0.39, 0.29) is 6.10 Å². The number of hydrogen-bond donors (Lipinski definition) is 1. The molecule has 1 aliphatic carbocycles. The lowest BCUT2D eigenvalue weighted by molar-refractivity contribution is 0.0577. The molecule has 2 rings (SSSR count). The highest BCUT2D eigenvalue weighted by atomic mass is 16.5. The lowest BCUT2D eigenvalue weighted by Gasteiger charge is -2.35. The minimum Gasteiger partial charge on any atom is -0.474 e. The van der Waals surface area contributed by atoms with E-state index in [4.69, 9.17) is 10.00 Å². The average Bonchev–Trinajstić information content (AvgIpc) is 2.50. The summed E-state index contributed by atoms with van der Waals surface area (Å²) in [7, 11) is 3.78. The number of nitrogens with zero attached hydrogens (tertiary/aromatic N) is 3. The van der Waals surface area contributed by atoms with Crippen LogP contribution in [-0.4, -0.2) is 29.5 Å². The van der Waals surface area contributed by atoms with Crippen LogP contribution in [0.5, 0.6) is 5.88 Å². The third-order valence-electron chi connectivity index (χ3n) is 3.24. The zero-order chi connectivity index (χ0) is 12.4. The predicted molar refractivity (Wildman–Crippen MR) is 63.7 cm³/mol. The summed E-state index contributed by atoms with van der Waals surface area (Å²) in [5.41, 5.74) is 1.29. The third kappa shape index (κ3) is 2.27. The van der Waals surface area contributed by atoms with E-state index >= 15 is 0 Å². The van der Waals surface area contributed by atoms with Crippen molar-refractivity contribution in [3.63, 3.8) is 0 Å². The van der Waals surface area contributed by atoms with Crippen molar-refractivity contribution in [2.45, 2.75) is 25.9 Å². The number of ether oxygens (including phenoxy) is 1. The van der Waals surface area contributed by atoms with Crippen LogP contribution in [0.4, 0.5) is 0 Å². The van der Waals surface area contributed by atoms with Gasteiger partial charge in [-0.25, -0.2) is 4.68 Å². The highest BCUT2D eigenvalue weighted by Gasteiger charge is 2.31. The molecular weight excluding hydrogens is 216 g/mol. The Morgan fingerprint density at radius 1 is 1.59 bits per heavy atom. The number of aromatic nitrogens is 2. The third-order valence-corrected chi connectivity index (χ3v) is 3.24. The van der Waals surface area contributed by atoms with Crippen LogP contribution in [-0.2, 0) is 7.05 Å². The molecule has 1 aromatic heterocycles. The van der Waals surface area contributed by atoms with E-state index < -0.39 is 0 Å². The maximum atomic E-state index is 9.06. The first-order valence-corrected chi connectivity index (χ1v) is 5.90. The van der Waals surface area contributed by atoms with Crippen molar-refractivity contribution in [2.24, 2.45) is 13.0 Å². The zero-order valence-corrected chi connectivity index (χ0v) is 10.5. The molecule has 17 heavy (non-hydrogen) atoms. The second-order valence-corrected chi connectivity index (χ2v) is 4.64. The highest BCUT2D eigenvalue weighted by Crippen LogP contribution is 2.32. The molecule has 0 aromatic carbocycles. The van der Waals surface area contributed by atoms with Crippen molar-refractivity contribution in [3.8, 4) is 11.9 Å². The Balaban J connectivity index is 1.99. The van der Waals surface area contributed by atoms with Crippen LogP contribution in [0.25, 0.3) is 0 Å². The van der Waals surface area contributed by atoms with Gasteiger partial charge in [-0.15, -0.1) is 0 Å². The topological polar surface area (TPSA) is 62.9 Å². The normalized spacial score (nSPS) is 22.9. The van der Waals surface area contributed by atoms with Crippen LogP contribution < -0.4 is 10.1 Å². The van der Waals surface area contributed by atoms with Crippen molar-refractivity contribution in [3.05, 3.63) is 11.3 Å². The molecule has 1 heterocycles. The van der Waals surface area contributed by atoms with E-state index in [1.807, 2.05) is 21.0 Å². The Kier molecular flexibility index (Phi) is 3.34. The van der Waals surface area contributed by atoms with Crippen LogP contribution in [0.15, 0.2) is 0 Å². The number of aryl methyl sites for hydroxylation is 2. The van der Waals surface area contributed by atoms with Gasteiger partial charge in [0, 0.05) is 7.05 Å². The van der Waals surface area contributed by atoms with Gasteiger partial charge < -0.3 is 10.1 Å². The molecule has 0 aliphatic heterocycles. The Labute approximate surface area is 101 Å². The van der Waals surface area contributed by atoms with Crippen molar-refractivity contribution < 1.29 is 4.74 Å². The summed E-state index contributed by atoms with van der Waals surface area (Å²) >= 11 is 0. The number of rotatable bonds is 4. The molecule has 1 fully saturated rings. The van der Waals surface area contributed by atoms with Gasteiger partial charge in [-0.2, -0.15) is 10.4 Å². The Bertz CT molecular complexity index is 440. The van der Waals surface area contributed by atoms with Crippen LogP contribution >= 0.6 is 0 Å². The standard InChI is InChI=1S/C12H18N4O/c1-8-11(6-13)12(16(3)15-8)17-10-4-9(5-10)7-14-2/h9-10,14H,4-5,7H2,1-3H3. The Hall–Kier alpha value is -1.54. The van der Waals surface area contributed by atoms with Gasteiger partial charge in [0.1, 0.15) is 17.7 Å². The van der Waals surface area contributed by atoms with E-state index in [1.165, 1.54) is 0 Å². The van der Waals surface area contributed by atoms with Crippen molar-refractivity contribution in [1.82, 2.24) is 15.1 Å². The van der Waals surface area contributed by atoms with Gasteiger partial charge in [0.25, 0.3) is 0 Å². The zero-order valence-electron chi connectivity index (χ0n) is 10.5. The molecule has 0 atom stereocenters. The summed E-state index contributed by atoms with van der Waals surface area (Å²) in [5.74, 6) is 1.31. The van der Waals surface area contributed by atoms with Crippen molar-refractivity contribution in [1.29, 1.82) is 5.26 Å². The number of nitriles is 1. The molecule has 0 radical (unpaired) electrons. The maximum Gasteiger partial charge on any atom is 0.230 e. The van der Waals surface area contributed by atoms with Crippen molar-refractivity contribution in [2.75, 3.05) is 13.6 Å². The first kappa shape index (κ1) is 11.9. The summed E-state index contributed by atoms with van der Waals surface area (Å²) in [4.78, 5) is 0. The lowest BCUT2D eigenvalue weighted by atomic mass is 9.82. The molecule has 0 bridgehead atoms. The molecule has 92 valence electrons. The fourth-order valence-corrected chi connectivity index (χ4v) is 2.28. The summed E-state index contributed by atoms with van der Waals surface area (Å²) in [6.07, 6.45) is 2.33. The molecule has 1 saturated carbocycles. The first-order chi connectivity index (χ1) is 8.15. The molecule has 0 unspecified atom stereocenters. The summed E-state index contributed by atoms with van der Waals surface area (Å²) in [5, 5.41) is 16.4. The fraction of sp³-hybridized carbons (Fsp3) is 0.667. The second kappa shape index (κ2) is 4.76. The van der Waals surface area contributed by atoms with E-state index in [9.17, 15) is 0 Å². The Morgan fingerprint density at radius 3 is 2.88 bits per heavy atom. The van der Waals surface area contributed by atoms with E-state index in [2.05, 4.69) is 16.5 Å². The van der Waals surface area contributed by atoms with E-state index in [1.54, 1.807) is 4.68 Å². The fourth-order valence-electron chi connectivity index (χ4n) is 2.28.